The standard InChI is InChI=1S/C15H20FNO3/c16-13-3-1-2-12(6-13)7-15(19)17-8-14(18)10-20-9-11-4-5-11/h1-3,6,11,14,18H,4-5,7-10H2,(H,17,19). The quantitative estimate of drug-likeness (QED) is 0.754. The predicted molar refractivity (Wildman–Crippen MR) is 72.7 cm³/mol. The van der Waals surface area contributed by atoms with Crippen molar-refractivity contribution in [2.24, 2.45) is 5.92 Å². The molecule has 1 atom stereocenters. The highest BCUT2D eigenvalue weighted by Crippen LogP contribution is 2.28. The van der Waals surface area contributed by atoms with Crippen LogP contribution in [0.5, 0.6) is 0 Å². The topological polar surface area (TPSA) is 58.6 Å². The van der Waals surface area contributed by atoms with Gasteiger partial charge in [-0.25, -0.2) is 4.39 Å². The van der Waals surface area contributed by atoms with Crippen molar-refractivity contribution in [1.82, 2.24) is 5.32 Å². The van der Waals surface area contributed by atoms with E-state index in [1.54, 1.807) is 12.1 Å². The lowest BCUT2D eigenvalue weighted by atomic mass is 10.1. The lowest BCUT2D eigenvalue weighted by Crippen LogP contribution is -2.35. The Balaban J connectivity index is 1.61. The van der Waals surface area contributed by atoms with Crippen LogP contribution in [0.3, 0.4) is 0 Å². The fourth-order valence-electron chi connectivity index (χ4n) is 1.84. The van der Waals surface area contributed by atoms with Crippen molar-refractivity contribution in [3.63, 3.8) is 0 Å². The molecule has 1 saturated carbocycles. The van der Waals surface area contributed by atoms with Crippen LogP contribution in [0, 0.1) is 11.7 Å². The van der Waals surface area contributed by atoms with E-state index in [0.717, 1.165) is 0 Å². The predicted octanol–water partition coefficient (Wildman–Crippen LogP) is 1.27. The Morgan fingerprint density at radius 1 is 1.50 bits per heavy atom. The molecule has 4 nitrogen and oxygen atoms in total. The highest BCUT2D eigenvalue weighted by Gasteiger charge is 2.21. The maximum Gasteiger partial charge on any atom is 0.224 e. The average Bonchev–Trinajstić information content (AvgIpc) is 3.20. The Morgan fingerprint density at radius 3 is 3.00 bits per heavy atom. The monoisotopic (exact) mass is 281 g/mol. The van der Waals surface area contributed by atoms with Gasteiger partial charge in [0.1, 0.15) is 5.82 Å². The van der Waals surface area contributed by atoms with E-state index < -0.39 is 6.10 Å². The number of aliphatic hydroxyl groups excluding tert-OH is 1. The molecule has 5 heteroatoms. The third kappa shape index (κ3) is 5.67. The Kier molecular flexibility index (Phi) is 5.49. The second-order valence-corrected chi connectivity index (χ2v) is 5.25. The number of carbonyl (C=O) groups excluding carboxylic acids is 1. The van der Waals surface area contributed by atoms with E-state index in [9.17, 15) is 14.3 Å². The number of nitrogens with one attached hydrogen (secondary N) is 1. The fourth-order valence-corrected chi connectivity index (χ4v) is 1.84. The molecule has 1 aliphatic carbocycles. The summed E-state index contributed by atoms with van der Waals surface area (Å²) in [5.41, 5.74) is 0.613. The highest BCUT2D eigenvalue weighted by atomic mass is 19.1. The van der Waals surface area contributed by atoms with Crippen LogP contribution in [-0.2, 0) is 16.0 Å². The molecule has 20 heavy (non-hydrogen) atoms. The minimum absolute atomic E-state index is 0.105. The van der Waals surface area contributed by atoms with E-state index in [1.807, 2.05) is 0 Å². The molecule has 1 amide bonds. The summed E-state index contributed by atoms with van der Waals surface area (Å²) in [7, 11) is 0. The summed E-state index contributed by atoms with van der Waals surface area (Å²) in [5, 5.41) is 12.3. The van der Waals surface area contributed by atoms with Crippen LogP contribution in [-0.4, -0.2) is 36.9 Å². The molecule has 0 saturated heterocycles. The first kappa shape index (κ1) is 14.9. The molecule has 110 valence electrons. The molecule has 1 aromatic carbocycles. The molecule has 1 unspecified atom stereocenters. The van der Waals surface area contributed by atoms with E-state index >= 15 is 0 Å². The average molecular weight is 281 g/mol. The maximum atomic E-state index is 13.0. The minimum Gasteiger partial charge on any atom is -0.389 e. The Morgan fingerprint density at radius 2 is 2.30 bits per heavy atom. The lowest BCUT2D eigenvalue weighted by molar-refractivity contribution is -0.121. The molecule has 0 aliphatic heterocycles. The molecule has 1 aromatic rings. The van der Waals surface area contributed by atoms with Crippen LogP contribution in [0.4, 0.5) is 4.39 Å². The molecule has 0 bridgehead atoms. The van der Waals surface area contributed by atoms with E-state index in [2.05, 4.69) is 5.32 Å². The third-order valence-corrected chi connectivity index (χ3v) is 3.15. The first-order valence-electron chi connectivity index (χ1n) is 6.90. The summed E-state index contributed by atoms with van der Waals surface area (Å²) in [4.78, 5) is 11.6. The molecule has 0 radical (unpaired) electrons. The van der Waals surface area contributed by atoms with Gasteiger partial charge in [0, 0.05) is 13.2 Å². The zero-order chi connectivity index (χ0) is 14.4. The third-order valence-electron chi connectivity index (χ3n) is 3.15. The van der Waals surface area contributed by atoms with E-state index in [0.29, 0.717) is 18.1 Å². The number of carbonyl (C=O) groups is 1. The Hall–Kier alpha value is -1.46. The van der Waals surface area contributed by atoms with Crippen LogP contribution in [0.1, 0.15) is 18.4 Å². The number of hydrogen-bond acceptors (Lipinski definition) is 3. The van der Waals surface area contributed by atoms with Crippen molar-refractivity contribution < 1.29 is 19.0 Å². The summed E-state index contributed by atoms with van der Waals surface area (Å²) in [6, 6.07) is 5.92. The Labute approximate surface area is 117 Å². The van der Waals surface area contributed by atoms with Gasteiger partial charge in [-0.2, -0.15) is 0 Å². The zero-order valence-electron chi connectivity index (χ0n) is 11.3. The number of rotatable bonds is 8. The van der Waals surface area contributed by atoms with Gasteiger partial charge in [-0.1, -0.05) is 12.1 Å². The number of hydrogen-bond donors (Lipinski definition) is 2. The first-order valence-corrected chi connectivity index (χ1v) is 6.90. The molecular formula is C15H20FNO3. The van der Waals surface area contributed by atoms with Gasteiger partial charge in [0.05, 0.1) is 19.1 Å². The number of halogens is 1. The molecule has 0 aromatic heterocycles. The summed E-state index contributed by atoms with van der Waals surface area (Å²) < 4.78 is 18.3. The molecule has 1 aliphatic rings. The van der Waals surface area contributed by atoms with Gasteiger partial charge >= 0.3 is 0 Å². The van der Waals surface area contributed by atoms with Crippen molar-refractivity contribution in [2.75, 3.05) is 19.8 Å². The van der Waals surface area contributed by atoms with Crippen LogP contribution in [0.15, 0.2) is 24.3 Å². The van der Waals surface area contributed by atoms with Gasteiger partial charge in [-0.05, 0) is 36.5 Å². The van der Waals surface area contributed by atoms with E-state index in [4.69, 9.17) is 4.74 Å². The highest BCUT2D eigenvalue weighted by molar-refractivity contribution is 5.78. The summed E-state index contributed by atoms with van der Waals surface area (Å²) in [6.45, 7) is 1.07. The van der Waals surface area contributed by atoms with Crippen molar-refractivity contribution in [3.8, 4) is 0 Å². The normalized spacial score (nSPS) is 15.9. The van der Waals surface area contributed by atoms with Gasteiger partial charge in [0.25, 0.3) is 0 Å². The molecule has 1 fully saturated rings. The molecule has 0 heterocycles. The van der Waals surface area contributed by atoms with Gasteiger partial charge in [-0.3, -0.25) is 4.79 Å². The van der Waals surface area contributed by atoms with Gasteiger partial charge in [-0.15, -0.1) is 0 Å². The first-order chi connectivity index (χ1) is 9.63. The summed E-state index contributed by atoms with van der Waals surface area (Å²) >= 11 is 0. The molecule has 2 rings (SSSR count). The minimum atomic E-state index is -0.704. The fraction of sp³-hybridized carbons (Fsp3) is 0.533. The summed E-state index contributed by atoms with van der Waals surface area (Å²) in [5.74, 6) is 0.0606. The van der Waals surface area contributed by atoms with Crippen molar-refractivity contribution >= 4 is 5.91 Å². The second-order valence-electron chi connectivity index (χ2n) is 5.25. The van der Waals surface area contributed by atoms with Crippen LogP contribution >= 0.6 is 0 Å². The molecular weight excluding hydrogens is 261 g/mol. The van der Waals surface area contributed by atoms with Crippen LogP contribution in [0.25, 0.3) is 0 Å². The zero-order valence-corrected chi connectivity index (χ0v) is 11.3. The summed E-state index contributed by atoms with van der Waals surface area (Å²) in [6.07, 6.45) is 1.82. The lowest BCUT2D eigenvalue weighted by Gasteiger charge is -2.12. The van der Waals surface area contributed by atoms with Crippen molar-refractivity contribution in [1.29, 1.82) is 0 Å². The number of amides is 1. The number of ether oxygens (including phenoxy) is 1. The number of benzene rings is 1. The molecule has 0 spiro atoms. The molecule has 2 N–H and O–H groups in total. The van der Waals surface area contributed by atoms with Crippen LogP contribution < -0.4 is 5.32 Å². The van der Waals surface area contributed by atoms with Gasteiger partial charge < -0.3 is 15.2 Å². The number of aliphatic hydroxyl groups is 1. The SMILES string of the molecule is O=C(Cc1cccc(F)c1)NCC(O)COCC1CC1. The van der Waals surface area contributed by atoms with Crippen molar-refractivity contribution in [2.45, 2.75) is 25.4 Å². The maximum absolute atomic E-state index is 13.0. The van der Waals surface area contributed by atoms with E-state index in [1.165, 1.54) is 25.0 Å². The van der Waals surface area contributed by atoms with Gasteiger partial charge in [0.2, 0.25) is 5.91 Å². The second kappa shape index (κ2) is 7.36. The smallest absolute Gasteiger partial charge is 0.224 e. The van der Waals surface area contributed by atoms with E-state index in [-0.39, 0.29) is 31.3 Å². The van der Waals surface area contributed by atoms with Crippen LogP contribution in [0.2, 0.25) is 0 Å². The van der Waals surface area contributed by atoms with Gasteiger partial charge in [0.15, 0.2) is 0 Å². The van der Waals surface area contributed by atoms with Crippen molar-refractivity contribution in [3.05, 3.63) is 35.6 Å². The largest absolute Gasteiger partial charge is 0.389 e. The Bertz CT molecular complexity index is 448.